The van der Waals surface area contributed by atoms with Crippen molar-refractivity contribution < 1.29 is 4.74 Å². The average molecular weight is 190 g/mol. The van der Waals surface area contributed by atoms with E-state index >= 15 is 0 Å². The number of fused-ring (bicyclic) bond motifs is 1. The molecule has 0 fully saturated rings. The molecule has 2 rings (SSSR count). The molecule has 0 spiro atoms. The summed E-state index contributed by atoms with van der Waals surface area (Å²) in [5.41, 5.74) is 2.87. The minimum Gasteiger partial charge on any atom is -0.490 e. The summed E-state index contributed by atoms with van der Waals surface area (Å²) in [6, 6.07) is 6.49. The Bertz CT molecular complexity index is 347. The predicted octanol–water partition coefficient (Wildman–Crippen LogP) is 3.31. The lowest BCUT2D eigenvalue weighted by atomic mass is 9.85. The van der Waals surface area contributed by atoms with Gasteiger partial charge in [0.05, 0.1) is 0 Å². The highest BCUT2D eigenvalue weighted by Gasteiger charge is 2.26. The highest BCUT2D eigenvalue weighted by atomic mass is 16.5. The molecule has 1 nitrogen and oxygen atoms in total. The van der Waals surface area contributed by atoms with Crippen LogP contribution in [0.1, 0.15) is 38.8 Å². The maximum atomic E-state index is 5.86. The second-order valence-electron chi connectivity index (χ2n) is 5.18. The SMILES string of the molecule is CC1Cc2cccc(C(C)(C)C)c2O1. The Morgan fingerprint density at radius 1 is 1.29 bits per heavy atom. The van der Waals surface area contributed by atoms with Crippen LogP contribution in [0.3, 0.4) is 0 Å². The molecular formula is C13H18O. The molecule has 14 heavy (non-hydrogen) atoms. The van der Waals surface area contributed by atoms with Gasteiger partial charge in [0.1, 0.15) is 11.9 Å². The largest absolute Gasteiger partial charge is 0.490 e. The van der Waals surface area contributed by atoms with Crippen molar-refractivity contribution in [3.8, 4) is 5.75 Å². The lowest BCUT2D eigenvalue weighted by Crippen LogP contribution is -2.13. The Balaban J connectivity index is 2.50. The van der Waals surface area contributed by atoms with E-state index in [1.54, 1.807) is 0 Å². The van der Waals surface area contributed by atoms with Gasteiger partial charge >= 0.3 is 0 Å². The normalized spacial score (nSPS) is 20.4. The fourth-order valence-electron chi connectivity index (χ4n) is 2.03. The van der Waals surface area contributed by atoms with Crippen molar-refractivity contribution in [2.24, 2.45) is 0 Å². The quantitative estimate of drug-likeness (QED) is 0.610. The van der Waals surface area contributed by atoms with E-state index in [-0.39, 0.29) is 5.41 Å². The van der Waals surface area contributed by atoms with Gasteiger partial charge < -0.3 is 4.74 Å². The molecule has 0 aromatic heterocycles. The summed E-state index contributed by atoms with van der Waals surface area (Å²) in [4.78, 5) is 0. The maximum Gasteiger partial charge on any atom is 0.126 e. The van der Waals surface area contributed by atoms with Gasteiger partial charge in [-0.05, 0) is 23.5 Å². The first kappa shape index (κ1) is 9.57. The molecule has 76 valence electrons. The zero-order valence-electron chi connectivity index (χ0n) is 9.42. The van der Waals surface area contributed by atoms with Crippen molar-refractivity contribution in [2.75, 3.05) is 0 Å². The highest BCUT2D eigenvalue weighted by molar-refractivity contribution is 5.47. The highest BCUT2D eigenvalue weighted by Crippen LogP contribution is 2.38. The molecule has 0 N–H and O–H groups in total. The molecular weight excluding hydrogens is 172 g/mol. The molecule has 1 atom stereocenters. The minimum absolute atomic E-state index is 0.176. The molecule has 1 aromatic carbocycles. The first-order valence-electron chi connectivity index (χ1n) is 5.27. The van der Waals surface area contributed by atoms with Crippen LogP contribution in [0.2, 0.25) is 0 Å². The Labute approximate surface area is 86.1 Å². The van der Waals surface area contributed by atoms with Crippen molar-refractivity contribution in [3.05, 3.63) is 29.3 Å². The van der Waals surface area contributed by atoms with E-state index in [4.69, 9.17) is 4.74 Å². The van der Waals surface area contributed by atoms with Gasteiger partial charge in [-0.2, -0.15) is 0 Å². The predicted molar refractivity (Wildman–Crippen MR) is 58.9 cm³/mol. The third kappa shape index (κ3) is 1.52. The van der Waals surface area contributed by atoms with Crippen LogP contribution in [0, 0.1) is 0 Å². The van der Waals surface area contributed by atoms with Crippen LogP contribution in [0.25, 0.3) is 0 Å². The average Bonchev–Trinajstić information content (AvgIpc) is 2.41. The zero-order chi connectivity index (χ0) is 10.3. The van der Waals surface area contributed by atoms with Crippen LogP contribution in [0.4, 0.5) is 0 Å². The third-order valence-electron chi connectivity index (χ3n) is 2.73. The second-order valence-corrected chi connectivity index (χ2v) is 5.18. The molecule has 1 aliphatic heterocycles. The third-order valence-corrected chi connectivity index (χ3v) is 2.73. The van der Waals surface area contributed by atoms with Crippen LogP contribution in [-0.2, 0) is 11.8 Å². The molecule has 1 heterocycles. The number of ether oxygens (including phenoxy) is 1. The van der Waals surface area contributed by atoms with Gasteiger partial charge in [0.2, 0.25) is 0 Å². The summed E-state index contributed by atoms with van der Waals surface area (Å²) in [6.07, 6.45) is 1.40. The Morgan fingerprint density at radius 3 is 2.64 bits per heavy atom. The van der Waals surface area contributed by atoms with Gasteiger partial charge in [-0.25, -0.2) is 0 Å². The topological polar surface area (TPSA) is 9.23 Å². The molecule has 1 aromatic rings. The monoisotopic (exact) mass is 190 g/mol. The van der Waals surface area contributed by atoms with E-state index in [9.17, 15) is 0 Å². The standard InChI is InChI=1S/C13H18O/c1-9-8-10-6-5-7-11(12(10)14-9)13(2,3)4/h5-7,9H,8H2,1-4H3. The Morgan fingerprint density at radius 2 is 2.00 bits per heavy atom. The van der Waals surface area contributed by atoms with Gasteiger partial charge in [0.15, 0.2) is 0 Å². The molecule has 1 unspecified atom stereocenters. The molecule has 0 bridgehead atoms. The number of para-hydroxylation sites is 1. The van der Waals surface area contributed by atoms with E-state index in [1.807, 2.05) is 0 Å². The van der Waals surface area contributed by atoms with Gasteiger partial charge in [0.25, 0.3) is 0 Å². The van der Waals surface area contributed by atoms with Crippen molar-refractivity contribution >= 4 is 0 Å². The van der Waals surface area contributed by atoms with Crippen LogP contribution < -0.4 is 4.74 Å². The fourth-order valence-corrected chi connectivity index (χ4v) is 2.03. The van der Waals surface area contributed by atoms with E-state index in [1.165, 1.54) is 11.1 Å². The first-order chi connectivity index (χ1) is 6.48. The summed E-state index contributed by atoms with van der Waals surface area (Å²) < 4.78 is 5.86. The summed E-state index contributed by atoms with van der Waals surface area (Å²) >= 11 is 0. The molecule has 0 aliphatic carbocycles. The summed E-state index contributed by atoms with van der Waals surface area (Å²) in [5, 5.41) is 0. The van der Waals surface area contributed by atoms with Crippen LogP contribution in [-0.4, -0.2) is 6.10 Å². The molecule has 0 saturated heterocycles. The van der Waals surface area contributed by atoms with Crippen molar-refractivity contribution in [2.45, 2.75) is 45.6 Å². The van der Waals surface area contributed by atoms with E-state index < -0.39 is 0 Å². The van der Waals surface area contributed by atoms with Crippen LogP contribution in [0.15, 0.2) is 18.2 Å². The van der Waals surface area contributed by atoms with Gasteiger partial charge in [-0.1, -0.05) is 39.0 Å². The lowest BCUT2D eigenvalue weighted by Gasteiger charge is -2.22. The van der Waals surface area contributed by atoms with E-state index in [0.717, 1.165) is 12.2 Å². The van der Waals surface area contributed by atoms with Gasteiger partial charge in [0, 0.05) is 6.42 Å². The van der Waals surface area contributed by atoms with Crippen molar-refractivity contribution in [1.29, 1.82) is 0 Å². The van der Waals surface area contributed by atoms with Gasteiger partial charge in [-0.15, -0.1) is 0 Å². The van der Waals surface area contributed by atoms with E-state index in [2.05, 4.69) is 45.9 Å². The van der Waals surface area contributed by atoms with Crippen molar-refractivity contribution in [1.82, 2.24) is 0 Å². The number of hydrogen-bond acceptors (Lipinski definition) is 1. The smallest absolute Gasteiger partial charge is 0.126 e. The molecule has 0 amide bonds. The zero-order valence-corrected chi connectivity index (χ0v) is 9.42. The maximum absolute atomic E-state index is 5.86. The molecule has 1 heteroatoms. The van der Waals surface area contributed by atoms with Crippen LogP contribution in [0.5, 0.6) is 5.75 Å². The minimum atomic E-state index is 0.176. The summed E-state index contributed by atoms with van der Waals surface area (Å²) in [7, 11) is 0. The number of benzene rings is 1. The summed E-state index contributed by atoms with van der Waals surface area (Å²) in [6.45, 7) is 8.82. The van der Waals surface area contributed by atoms with E-state index in [0.29, 0.717) is 6.10 Å². The van der Waals surface area contributed by atoms with Gasteiger partial charge in [-0.3, -0.25) is 0 Å². The Kier molecular flexibility index (Phi) is 2.06. The second kappa shape index (κ2) is 3.01. The number of hydrogen-bond donors (Lipinski definition) is 0. The molecule has 1 aliphatic rings. The fraction of sp³-hybridized carbons (Fsp3) is 0.538. The number of rotatable bonds is 0. The molecule has 0 radical (unpaired) electrons. The summed E-state index contributed by atoms with van der Waals surface area (Å²) in [5.74, 6) is 1.13. The Hall–Kier alpha value is -0.980. The molecule has 0 saturated carbocycles. The first-order valence-corrected chi connectivity index (χ1v) is 5.27. The lowest BCUT2D eigenvalue weighted by molar-refractivity contribution is 0.249. The van der Waals surface area contributed by atoms with Crippen LogP contribution >= 0.6 is 0 Å². The van der Waals surface area contributed by atoms with Crippen molar-refractivity contribution in [3.63, 3.8) is 0 Å².